The molecule has 2 aromatic rings. The number of nitrogens with zero attached hydrogens (tertiary/aromatic N) is 3. The molecule has 0 radical (unpaired) electrons. The summed E-state index contributed by atoms with van der Waals surface area (Å²) in [6.45, 7) is 1.60. The minimum absolute atomic E-state index is 0.00704. The number of piperidine rings is 1. The highest BCUT2D eigenvalue weighted by Gasteiger charge is 2.47. The number of halogens is 1. The minimum atomic E-state index is -0.984. The lowest BCUT2D eigenvalue weighted by Gasteiger charge is -2.44. The average Bonchev–Trinajstić information content (AvgIpc) is 3.04. The van der Waals surface area contributed by atoms with Gasteiger partial charge in [0.25, 0.3) is 5.91 Å². The van der Waals surface area contributed by atoms with Crippen molar-refractivity contribution in [3.8, 4) is 0 Å². The van der Waals surface area contributed by atoms with Crippen LogP contribution < -0.4 is 5.32 Å². The van der Waals surface area contributed by atoms with Gasteiger partial charge in [0.2, 0.25) is 5.91 Å². The van der Waals surface area contributed by atoms with Gasteiger partial charge < -0.3 is 14.9 Å². The second kappa shape index (κ2) is 8.04. The van der Waals surface area contributed by atoms with E-state index in [4.69, 9.17) is 16.7 Å². The van der Waals surface area contributed by atoms with E-state index in [1.807, 2.05) is 4.90 Å². The largest absolute Gasteiger partial charge is 0.478 e. The van der Waals surface area contributed by atoms with Gasteiger partial charge in [0, 0.05) is 38.7 Å². The molecule has 0 bridgehead atoms. The Morgan fingerprint density at radius 2 is 1.87 bits per heavy atom. The summed E-state index contributed by atoms with van der Waals surface area (Å²) < 4.78 is 0. The van der Waals surface area contributed by atoms with E-state index in [9.17, 15) is 14.4 Å². The Hall–Kier alpha value is -2.97. The zero-order valence-corrected chi connectivity index (χ0v) is 16.9. The zero-order chi connectivity index (χ0) is 21.3. The van der Waals surface area contributed by atoms with Crippen LogP contribution in [0.1, 0.15) is 39.1 Å². The molecule has 4 rings (SSSR count). The Labute approximate surface area is 178 Å². The predicted octanol–water partition coefficient (Wildman–Crippen LogP) is 2.00. The number of hydrogen-bond acceptors (Lipinski definition) is 5. The van der Waals surface area contributed by atoms with Crippen molar-refractivity contribution in [3.05, 3.63) is 64.4 Å². The number of carbonyl (C=O) groups is 3. The Balaban J connectivity index is 1.46. The average molecular weight is 429 g/mol. The quantitative estimate of drug-likeness (QED) is 0.722. The number of likely N-dealkylation sites (tertiary alicyclic amines) is 1. The molecule has 0 unspecified atom stereocenters. The van der Waals surface area contributed by atoms with Crippen LogP contribution in [-0.4, -0.2) is 63.0 Å². The van der Waals surface area contributed by atoms with Gasteiger partial charge in [-0.2, -0.15) is 0 Å². The summed E-state index contributed by atoms with van der Waals surface area (Å²) in [7, 11) is 0. The molecule has 9 heteroatoms. The van der Waals surface area contributed by atoms with E-state index in [2.05, 4.69) is 10.3 Å². The normalized spacial score (nSPS) is 18.1. The van der Waals surface area contributed by atoms with Crippen molar-refractivity contribution in [2.24, 2.45) is 0 Å². The van der Waals surface area contributed by atoms with Crippen LogP contribution in [0.3, 0.4) is 0 Å². The molecular weight excluding hydrogens is 408 g/mol. The van der Waals surface area contributed by atoms with Crippen molar-refractivity contribution in [2.45, 2.75) is 25.0 Å². The van der Waals surface area contributed by atoms with Crippen molar-refractivity contribution < 1.29 is 19.5 Å². The molecule has 1 aromatic heterocycles. The summed E-state index contributed by atoms with van der Waals surface area (Å²) in [6.07, 6.45) is 2.73. The summed E-state index contributed by atoms with van der Waals surface area (Å²) in [6, 6.07) is 9.87. The van der Waals surface area contributed by atoms with Gasteiger partial charge >= 0.3 is 5.97 Å². The van der Waals surface area contributed by atoms with E-state index in [0.717, 1.165) is 5.56 Å². The third-order valence-corrected chi connectivity index (χ3v) is 6.10. The van der Waals surface area contributed by atoms with E-state index >= 15 is 0 Å². The molecule has 0 atom stereocenters. The first-order valence-corrected chi connectivity index (χ1v) is 10.0. The maximum absolute atomic E-state index is 12.8. The van der Waals surface area contributed by atoms with Gasteiger partial charge in [0.15, 0.2) is 0 Å². The van der Waals surface area contributed by atoms with Crippen LogP contribution in [0.15, 0.2) is 42.6 Å². The fourth-order valence-electron chi connectivity index (χ4n) is 4.09. The van der Waals surface area contributed by atoms with Crippen LogP contribution in [0.2, 0.25) is 5.15 Å². The molecule has 2 N–H and O–H groups in total. The van der Waals surface area contributed by atoms with Crippen molar-refractivity contribution in [2.75, 3.05) is 19.6 Å². The third-order valence-electron chi connectivity index (χ3n) is 5.80. The van der Waals surface area contributed by atoms with Crippen LogP contribution in [0.25, 0.3) is 0 Å². The summed E-state index contributed by atoms with van der Waals surface area (Å²) in [5.74, 6) is -1.15. The molecule has 2 saturated heterocycles. The summed E-state index contributed by atoms with van der Waals surface area (Å²) in [5.41, 5.74) is 0.927. The summed E-state index contributed by atoms with van der Waals surface area (Å²) in [4.78, 5) is 43.9. The monoisotopic (exact) mass is 428 g/mol. The zero-order valence-electron chi connectivity index (χ0n) is 16.2. The highest BCUT2D eigenvalue weighted by molar-refractivity contribution is 6.32. The number of aromatic carboxylic acids is 1. The van der Waals surface area contributed by atoms with Gasteiger partial charge in [0.05, 0.1) is 23.3 Å². The van der Waals surface area contributed by atoms with Crippen LogP contribution in [0, 0.1) is 0 Å². The van der Waals surface area contributed by atoms with Crippen LogP contribution >= 0.6 is 11.6 Å². The van der Waals surface area contributed by atoms with Gasteiger partial charge in [-0.05, 0) is 29.8 Å². The number of carbonyl (C=O) groups excluding carboxylic acids is 2. The van der Waals surface area contributed by atoms with Gasteiger partial charge in [-0.25, -0.2) is 9.78 Å². The van der Waals surface area contributed by atoms with Gasteiger partial charge in [-0.1, -0.05) is 23.7 Å². The molecule has 1 aromatic carbocycles. The Morgan fingerprint density at radius 3 is 2.50 bits per heavy atom. The third kappa shape index (κ3) is 3.76. The van der Waals surface area contributed by atoms with Crippen LogP contribution in [-0.2, 0) is 11.3 Å². The Kier molecular flexibility index (Phi) is 5.44. The molecule has 1 spiro atoms. The molecule has 0 saturated carbocycles. The van der Waals surface area contributed by atoms with Gasteiger partial charge in [-0.15, -0.1) is 0 Å². The smallest absolute Gasteiger partial charge is 0.335 e. The second-order valence-corrected chi connectivity index (χ2v) is 7.86. The van der Waals surface area contributed by atoms with E-state index in [1.54, 1.807) is 35.4 Å². The number of pyridine rings is 1. The van der Waals surface area contributed by atoms with Crippen LogP contribution in [0.4, 0.5) is 0 Å². The fraction of sp³-hybridized carbons (Fsp3) is 0.333. The van der Waals surface area contributed by atoms with Crippen molar-refractivity contribution >= 4 is 29.4 Å². The predicted molar refractivity (Wildman–Crippen MR) is 109 cm³/mol. The molecule has 30 heavy (non-hydrogen) atoms. The first-order valence-electron chi connectivity index (χ1n) is 9.67. The Bertz CT molecular complexity index is 987. The maximum Gasteiger partial charge on any atom is 0.335 e. The molecule has 2 fully saturated rings. The number of aromatic nitrogens is 1. The topological polar surface area (TPSA) is 103 Å². The van der Waals surface area contributed by atoms with Gasteiger partial charge in [-0.3, -0.25) is 14.9 Å². The minimum Gasteiger partial charge on any atom is -0.478 e. The number of carboxylic acid groups (broad SMARTS) is 1. The van der Waals surface area contributed by atoms with Crippen molar-refractivity contribution in [3.63, 3.8) is 0 Å². The SMILES string of the molecule is O=C(O)c1ccc(CN2C(=O)CNC23CCN(C(=O)c2cccnc2Cl)CC3)cc1. The molecule has 3 heterocycles. The number of hydrogen-bond donors (Lipinski definition) is 2. The number of benzene rings is 1. The van der Waals surface area contributed by atoms with Crippen molar-refractivity contribution in [1.29, 1.82) is 0 Å². The van der Waals surface area contributed by atoms with Gasteiger partial charge in [0.1, 0.15) is 5.15 Å². The molecule has 2 aliphatic rings. The van der Waals surface area contributed by atoms with E-state index in [-0.39, 0.29) is 29.1 Å². The highest BCUT2D eigenvalue weighted by Crippen LogP contribution is 2.32. The first-order chi connectivity index (χ1) is 14.4. The van der Waals surface area contributed by atoms with E-state index in [0.29, 0.717) is 38.0 Å². The summed E-state index contributed by atoms with van der Waals surface area (Å²) in [5, 5.41) is 12.6. The standard InChI is InChI=1S/C21H21ClN4O4/c22-18-16(2-1-9-23-18)19(28)25-10-7-21(8-11-25)24-12-17(27)26(21)13-14-3-5-15(6-4-14)20(29)30/h1-6,9,24H,7-8,10-13H2,(H,29,30). The molecule has 156 valence electrons. The number of nitrogens with one attached hydrogen (secondary N) is 1. The Morgan fingerprint density at radius 1 is 1.17 bits per heavy atom. The van der Waals surface area contributed by atoms with E-state index < -0.39 is 11.6 Å². The number of rotatable bonds is 4. The lowest BCUT2D eigenvalue weighted by molar-refractivity contribution is -0.132. The number of carboxylic acids is 1. The molecule has 8 nitrogen and oxygen atoms in total. The number of amides is 2. The molecule has 2 aliphatic heterocycles. The molecule has 2 amide bonds. The van der Waals surface area contributed by atoms with Crippen LogP contribution in [0.5, 0.6) is 0 Å². The van der Waals surface area contributed by atoms with E-state index in [1.165, 1.54) is 12.1 Å². The first kappa shape index (κ1) is 20.3. The summed E-state index contributed by atoms with van der Waals surface area (Å²) >= 11 is 6.06. The lowest BCUT2D eigenvalue weighted by atomic mass is 9.95. The highest BCUT2D eigenvalue weighted by atomic mass is 35.5. The second-order valence-electron chi connectivity index (χ2n) is 7.50. The fourth-order valence-corrected chi connectivity index (χ4v) is 4.29. The van der Waals surface area contributed by atoms with Crippen molar-refractivity contribution in [1.82, 2.24) is 20.1 Å². The molecular formula is C21H21ClN4O4. The lowest BCUT2D eigenvalue weighted by Crippen LogP contribution is -2.59. The molecule has 0 aliphatic carbocycles. The maximum atomic E-state index is 12.8.